The van der Waals surface area contributed by atoms with Crippen molar-refractivity contribution in [3.05, 3.63) is 0 Å². The van der Waals surface area contributed by atoms with Crippen molar-refractivity contribution in [3.63, 3.8) is 0 Å². The molecular formula is C15H32N4O4. The Bertz CT molecular complexity index is 386. The third-order valence-electron chi connectivity index (χ3n) is 2.86. The fraction of sp³-hybridized carbons (Fsp3) is 0.867. The van der Waals surface area contributed by atoms with Gasteiger partial charge in [-0.1, -0.05) is 6.92 Å². The minimum Gasteiger partial charge on any atom is -0.430 e. The van der Waals surface area contributed by atoms with Gasteiger partial charge in [-0.15, -0.1) is 0 Å². The van der Waals surface area contributed by atoms with E-state index >= 15 is 0 Å². The molecule has 0 bridgehead atoms. The molecule has 0 aromatic rings. The summed E-state index contributed by atoms with van der Waals surface area (Å²) in [5.41, 5.74) is 6.13. The van der Waals surface area contributed by atoms with Gasteiger partial charge in [-0.25, -0.2) is 14.5 Å². The molecule has 136 valence electrons. The fourth-order valence-corrected chi connectivity index (χ4v) is 2.01. The maximum absolute atomic E-state index is 11.8. The molecule has 2 amide bonds. The molecule has 0 aliphatic carbocycles. The lowest BCUT2D eigenvalue weighted by Gasteiger charge is -2.40. The van der Waals surface area contributed by atoms with Crippen LogP contribution in [0, 0.1) is 0 Å². The van der Waals surface area contributed by atoms with Crippen molar-refractivity contribution in [2.75, 3.05) is 6.54 Å². The first-order valence-electron chi connectivity index (χ1n) is 8.01. The number of ether oxygens (including phenoxy) is 2. The molecule has 0 spiro atoms. The zero-order valence-electron chi connectivity index (χ0n) is 15.3. The summed E-state index contributed by atoms with van der Waals surface area (Å²) in [6, 6.07) is -0.102. The van der Waals surface area contributed by atoms with Crippen molar-refractivity contribution in [2.24, 2.45) is 5.73 Å². The first-order chi connectivity index (χ1) is 10.5. The van der Waals surface area contributed by atoms with Crippen LogP contribution in [0.1, 0.15) is 54.9 Å². The third-order valence-corrected chi connectivity index (χ3v) is 2.86. The lowest BCUT2D eigenvalue weighted by atomic mass is 10.3. The second-order valence-electron chi connectivity index (χ2n) is 6.24. The van der Waals surface area contributed by atoms with Gasteiger partial charge in [-0.05, 0) is 41.0 Å². The van der Waals surface area contributed by atoms with Gasteiger partial charge < -0.3 is 20.1 Å². The Morgan fingerprint density at radius 2 is 1.57 bits per heavy atom. The first-order valence-corrected chi connectivity index (χ1v) is 8.01. The molecule has 0 aliphatic rings. The van der Waals surface area contributed by atoms with Crippen molar-refractivity contribution >= 4 is 12.2 Å². The minimum absolute atomic E-state index is 0.0355. The normalized spacial score (nSPS) is 15.3. The standard InChI is InChI=1S/C15H32N4O4/c1-8-9-19(12(6)22-13(20)17-10(2)3)15(7,16)23-14(21)18-11(4)5/h10-12H,8-9,16H2,1-7H3,(H,17,20)(H,18,21). The van der Waals surface area contributed by atoms with E-state index in [0.29, 0.717) is 6.54 Å². The molecule has 0 rings (SSSR count). The molecule has 2 unspecified atom stereocenters. The van der Waals surface area contributed by atoms with Gasteiger partial charge in [0.05, 0.1) is 0 Å². The Hall–Kier alpha value is -1.54. The Labute approximate surface area is 139 Å². The molecule has 0 saturated carbocycles. The molecule has 0 aliphatic heterocycles. The maximum Gasteiger partial charge on any atom is 0.410 e. The van der Waals surface area contributed by atoms with Crippen LogP contribution < -0.4 is 16.4 Å². The van der Waals surface area contributed by atoms with E-state index in [1.165, 1.54) is 0 Å². The van der Waals surface area contributed by atoms with E-state index < -0.39 is 24.3 Å². The molecule has 0 aromatic carbocycles. The summed E-state index contributed by atoms with van der Waals surface area (Å²) in [7, 11) is 0. The number of nitrogens with zero attached hydrogens (tertiary/aromatic N) is 1. The molecule has 2 atom stereocenters. The van der Waals surface area contributed by atoms with E-state index in [2.05, 4.69) is 10.6 Å². The number of nitrogens with two attached hydrogens (primary N) is 1. The number of nitrogens with one attached hydrogen (secondary N) is 2. The number of hydrogen-bond donors (Lipinski definition) is 3. The molecule has 0 radical (unpaired) electrons. The van der Waals surface area contributed by atoms with Crippen LogP contribution in [0.4, 0.5) is 9.59 Å². The highest BCUT2D eigenvalue weighted by Crippen LogP contribution is 2.16. The van der Waals surface area contributed by atoms with Gasteiger partial charge in [0.1, 0.15) is 0 Å². The predicted molar refractivity (Wildman–Crippen MR) is 88.6 cm³/mol. The highest BCUT2D eigenvalue weighted by molar-refractivity contribution is 5.68. The average molecular weight is 332 g/mol. The van der Waals surface area contributed by atoms with Crippen LogP contribution >= 0.6 is 0 Å². The monoisotopic (exact) mass is 332 g/mol. The molecule has 8 heteroatoms. The van der Waals surface area contributed by atoms with Gasteiger partial charge in [0.15, 0.2) is 6.23 Å². The Morgan fingerprint density at radius 1 is 1.09 bits per heavy atom. The SMILES string of the molecule is CCCN(C(C)OC(=O)NC(C)C)C(C)(N)OC(=O)NC(C)C. The molecule has 0 saturated heterocycles. The average Bonchev–Trinajstić information content (AvgIpc) is 2.32. The van der Waals surface area contributed by atoms with Gasteiger partial charge in [-0.3, -0.25) is 5.73 Å². The summed E-state index contributed by atoms with van der Waals surface area (Å²) >= 11 is 0. The summed E-state index contributed by atoms with van der Waals surface area (Å²) in [5.74, 6) is -1.41. The Balaban J connectivity index is 4.90. The summed E-state index contributed by atoms with van der Waals surface area (Å²) in [5, 5.41) is 5.25. The molecule has 0 aromatic heterocycles. The first kappa shape index (κ1) is 21.5. The van der Waals surface area contributed by atoms with E-state index in [4.69, 9.17) is 15.2 Å². The van der Waals surface area contributed by atoms with E-state index in [9.17, 15) is 9.59 Å². The second kappa shape index (κ2) is 9.57. The highest BCUT2D eigenvalue weighted by atomic mass is 16.6. The van der Waals surface area contributed by atoms with Gasteiger partial charge >= 0.3 is 12.2 Å². The van der Waals surface area contributed by atoms with Crippen molar-refractivity contribution < 1.29 is 19.1 Å². The largest absolute Gasteiger partial charge is 0.430 e. The molecule has 0 heterocycles. The zero-order valence-corrected chi connectivity index (χ0v) is 15.3. The van der Waals surface area contributed by atoms with Gasteiger partial charge in [0.25, 0.3) is 0 Å². The van der Waals surface area contributed by atoms with Crippen LogP contribution in [0.3, 0.4) is 0 Å². The lowest BCUT2D eigenvalue weighted by Crippen LogP contribution is -2.62. The van der Waals surface area contributed by atoms with Crippen LogP contribution in [0.2, 0.25) is 0 Å². The topological polar surface area (TPSA) is 106 Å². The summed E-state index contributed by atoms with van der Waals surface area (Å²) in [4.78, 5) is 25.2. The maximum atomic E-state index is 11.8. The molecule has 4 N–H and O–H groups in total. The highest BCUT2D eigenvalue weighted by Gasteiger charge is 2.36. The summed E-state index contributed by atoms with van der Waals surface area (Å²) in [6.45, 7) is 13.0. The van der Waals surface area contributed by atoms with Crippen LogP contribution in [-0.4, -0.2) is 47.8 Å². The molecule has 0 fully saturated rings. The Morgan fingerprint density at radius 3 is 2.00 bits per heavy atom. The minimum atomic E-state index is -1.41. The fourth-order valence-electron chi connectivity index (χ4n) is 2.01. The summed E-state index contributed by atoms with van der Waals surface area (Å²) in [6.07, 6.45) is -1.07. The second-order valence-corrected chi connectivity index (χ2v) is 6.24. The van der Waals surface area contributed by atoms with E-state index in [0.717, 1.165) is 6.42 Å². The summed E-state index contributed by atoms with van der Waals surface area (Å²) < 4.78 is 10.6. The molecule has 8 nitrogen and oxygen atoms in total. The number of rotatable bonds is 8. The number of carbonyl (C=O) groups excluding carboxylic acids is 2. The molecule has 23 heavy (non-hydrogen) atoms. The number of amides is 2. The van der Waals surface area contributed by atoms with E-state index in [1.54, 1.807) is 18.7 Å². The number of carbonyl (C=O) groups is 2. The van der Waals surface area contributed by atoms with Crippen LogP contribution in [0.25, 0.3) is 0 Å². The van der Waals surface area contributed by atoms with Crippen LogP contribution in [-0.2, 0) is 9.47 Å². The van der Waals surface area contributed by atoms with Crippen molar-refractivity contribution in [1.82, 2.24) is 15.5 Å². The number of alkyl carbamates (subject to hydrolysis) is 2. The lowest BCUT2D eigenvalue weighted by molar-refractivity contribution is -0.159. The molecular weight excluding hydrogens is 300 g/mol. The van der Waals surface area contributed by atoms with Crippen LogP contribution in [0.5, 0.6) is 0 Å². The van der Waals surface area contributed by atoms with Gasteiger partial charge in [0.2, 0.25) is 5.85 Å². The Kier molecular flexibility index (Phi) is 8.93. The van der Waals surface area contributed by atoms with Crippen LogP contribution in [0.15, 0.2) is 0 Å². The van der Waals surface area contributed by atoms with Gasteiger partial charge in [-0.2, -0.15) is 0 Å². The van der Waals surface area contributed by atoms with Gasteiger partial charge in [0, 0.05) is 25.6 Å². The smallest absolute Gasteiger partial charge is 0.410 e. The third kappa shape index (κ3) is 8.61. The van der Waals surface area contributed by atoms with Crippen molar-refractivity contribution in [1.29, 1.82) is 0 Å². The van der Waals surface area contributed by atoms with E-state index in [1.807, 2.05) is 34.6 Å². The van der Waals surface area contributed by atoms with Crippen molar-refractivity contribution in [2.45, 2.75) is 79.0 Å². The van der Waals surface area contributed by atoms with Crippen molar-refractivity contribution in [3.8, 4) is 0 Å². The van der Waals surface area contributed by atoms with E-state index in [-0.39, 0.29) is 12.1 Å². The number of hydrogen-bond acceptors (Lipinski definition) is 6. The quantitative estimate of drug-likeness (QED) is 0.587. The zero-order chi connectivity index (χ0) is 18.2. The predicted octanol–water partition coefficient (Wildman–Crippen LogP) is 1.95.